The summed E-state index contributed by atoms with van der Waals surface area (Å²) in [5.41, 5.74) is 8.56. The number of rotatable bonds is 5. The zero-order valence-electron chi connectivity index (χ0n) is 12.5. The summed E-state index contributed by atoms with van der Waals surface area (Å²) in [6.45, 7) is 10.8. The third kappa shape index (κ3) is 4.11. The van der Waals surface area contributed by atoms with Crippen LogP contribution in [0.15, 0.2) is 24.3 Å². The standard InChI is InChI=1S/C16H28N2/c1-13(18(5)12-6-11-17)14-7-9-15(10-8-14)16(2,3)4/h7-10,13H,6,11-12,17H2,1-5H3. The van der Waals surface area contributed by atoms with Crippen molar-refractivity contribution in [3.8, 4) is 0 Å². The van der Waals surface area contributed by atoms with Crippen LogP contribution in [0.2, 0.25) is 0 Å². The summed E-state index contributed by atoms with van der Waals surface area (Å²) in [6.07, 6.45) is 1.06. The monoisotopic (exact) mass is 248 g/mol. The van der Waals surface area contributed by atoms with Gasteiger partial charge in [-0.15, -0.1) is 0 Å². The maximum Gasteiger partial charge on any atom is 0.0316 e. The van der Waals surface area contributed by atoms with Crippen molar-refractivity contribution in [2.45, 2.75) is 45.6 Å². The van der Waals surface area contributed by atoms with Crippen LogP contribution in [-0.2, 0) is 5.41 Å². The summed E-state index contributed by atoms with van der Waals surface area (Å²) in [5.74, 6) is 0. The first-order chi connectivity index (χ1) is 8.36. The van der Waals surface area contributed by atoms with Crippen LogP contribution in [0.1, 0.15) is 51.3 Å². The Hall–Kier alpha value is -0.860. The Morgan fingerprint density at radius 3 is 2.17 bits per heavy atom. The highest BCUT2D eigenvalue weighted by Gasteiger charge is 2.15. The van der Waals surface area contributed by atoms with E-state index in [-0.39, 0.29) is 5.41 Å². The zero-order valence-corrected chi connectivity index (χ0v) is 12.5. The third-order valence-electron chi connectivity index (χ3n) is 3.64. The van der Waals surface area contributed by atoms with Gasteiger partial charge in [-0.2, -0.15) is 0 Å². The molecule has 18 heavy (non-hydrogen) atoms. The van der Waals surface area contributed by atoms with E-state index in [2.05, 4.69) is 63.9 Å². The lowest BCUT2D eigenvalue weighted by atomic mass is 9.86. The van der Waals surface area contributed by atoms with E-state index in [0.29, 0.717) is 6.04 Å². The lowest BCUT2D eigenvalue weighted by Crippen LogP contribution is -2.25. The van der Waals surface area contributed by atoms with Gasteiger partial charge in [0.05, 0.1) is 0 Å². The minimum absolute atomic E-state index is 0.229. The number of nitrogens with zero attached hydrogens (tertiary/aromatic N) is 1. The van der Waals surface area contributed by atoms with Gasteiger partial charge in [-0.3, -0.25) is 4.90 Å². The molecule has 0 saturated heterocycles. The van der Waals surface area contributed by atoms with Gasteiger partial charge in [-0.1, -0.05) is 45.0 Å². The molecule has 0 radical (unpaired) electrons. The largest absolute Gasteiger partial charge is 0.330 e. The Balaban J connectivity index is 2.72. The Kier molecular flexibility index (Phi) is 5.36. The van der Waals surface area contributed by atoms with E-state index in [1.165, 1.54) is 11.1 Å². The minimum Gasteiger partial charge on any atom is -0.330 e. The molecular formula is C16H28N2. The second-order valence-corrected chi connectivity index (χ2v) is 6.17. The van der Waals surface area contributed by atoms with E-state index in [1.807, 2.05) is 0 Å². The molecule has 0 bridgehead atoms. The SMILES string of the molecule is CC(c1ccc(C(C)(C)C)cc1)N(C)CCCN. The van der Waals surface area contributed by atoms with Crippen LogP contribution in [0, 0.1) is 0 Å². The topological polar surface area (TPSA) is 29.3 Å². The number of benzene rings is 1. The third-order valence-corrected chi connectivity index (χ3v) is 3.64. The Morgan fingerprint density at radius 2 is 1.72 bits per heavy atom. The second kappa shape index (κ2) is 6.35. The van der Waals surface area contributed by atoms with Crippen LogP contribution in [0.4, 0.5) is 0 Å². The summed E-state index contributed by atoms with van der Waals surface area (Å²) in [5, 5.41) is 0. The smallest absolute Gasteiger partial charge is 0.0316 e. The first kappa shape index (κ1) is 15.2. The van der Waals surface area contributed by atoms with Gasteiger partial charge in [-0.05, 0) is 50.0 Å². The van der Waals surface area contributed by atoms with E-state index in [9.17, 15) is 0 Å². The highest BCUT2D eigenvalue weighted by Crippen LogP contribution is 2.25. The highest BCUT2D eigenvalue weighted by atomic mass is 15.1. The molecule has 0 aliphatic carbocycles. The Labute approximate surface area is 112 Å². The van der Waals surface area contributed by atoms with Crippen molar-refractivity contribution in [2.75, 3.05) is 20.1 Å². The average molecular weight is 248 g/mol. The molecule has 1 atom stereocenters. The van der Waals surface area contributed by atoms with Crippen molar-refractivity contribution in [3.63, 3.8) is 0 Å². The van der Waals surface area contributed by atoms with E-state index >= 15 is 0 Å². The van der Waals surface area contributed by atoms with Gasteiger partial charge in [0.25, 0.3) is 0 Å². The van der Waals surface area contributed by atoms with Crippen molar-refractivity contribution < 1.29 is 0 Å². The van der Waals surface area contributed by atoms with Crippen LogP contribution in [0.25, 0.3) is 0 Å². The van der Waals surface area contributed by atoms with Crippen molar-refractivity contribution in [1.82, 2.24) is 4.90 Å². The van der Waals surface area contributed by atoms with Crippen molar-refractivity contribution in [2.24, 2.45) is 5.73 Å². The maximum absolute atomic E-state index is 5.56. The molecule has 1 unspecified atom stereocenters. The molecule has 102 valence electrons. The number of hydrogen-bond donors (Lipinski definition) is 1. The predicted octanol–water partition coefficient (Wildman–Crippen LogP) is 3.33. The van der Waals surface area contributed by atoms with Crippen LogP contribution < -0.4 is 5.73 Å². The van der Waals surface area contributed by atoms with Crippen LogP contribution in [-0.4, -0.2) is 25.0 Å². The summed E-state index contributed by atoms with van der Waals surface area (Å²) in [6, 6.07) is 9.46. The van der Waals surface area contributed by atoms with Gasteiger partial charge < -0.3 is 5.73 Å². The summed E-state index contributed by atoms with van der Waals surface area (Å²) in [7, 11) is 2.16. The molecule has 1 aromatic rings. The Morgan fingerprint density at radius 1 is 1.17 bits per heavy atom. The second-order valence-electron chi connectivity index (χ2n) is 6.17. The molecule has 0 fully saturated rings. The van der Waals surface area contributed by atoms with Gasteiger partial charge in [0, 0.05) is 6.04 Å². The van der Waals surface area contributed by atoms with Crippen molar-refractivity contribution in [1.29, 1.82) is 0 Å². The highest BCUT2D eigenvalue weighted by molar-refractivity contribution is 5.29. The predicted molar refractivity (Wildman–Crippen MR) is 79.9 cm³/mol. The number of nitrogens with two attached hydrogens (primary N) is 1. The molecule has 0 spiro atoms. The van der Waals surface area contributed by atoms with Crippen molar-refractivity contribution in [3.05, 3.63) is 35.4 Å². The van der Waals surface area contributed by atoms with E-state index < -0.39 is 0 Å². The van der Waals surface area contributed by atoms with Gasteiger partial charge in [0.2, 0.25) is 0 Å². The van der Waals surface area contributed by atoms with Gasteiger partial charge in [-0.25, -0.2) is 0 Å². The first-order valence-electron chi connectivity index (χ1n) is 6.87. The van der Waals surface area contributed by atoms with E-state index in [0.717, 1.165) is 19.5 Å². The fraction of sp³-hybridized carbons (Fsp3) is 0.625. The first-order valence-corrected chi connectivity index (χ1v) is 6.87. The lowest BCUT2D eigenvalue weighted by Gasteiger charge is -2.26. The molecule has 0 aliphatic heterocycles. The molecule has 1 rings (SSSR count). The normalized spacial score (nSPS) is 13.9. The maximum atomic E-state index is 5.56. The van der Waals surface area contributed by atoms with Crippen molar-refractivity contribution >= 4 is 0 Å². The van der Waals surface area contributed by atoms with Gasteiger partial charge in [0.1, 0.15) is 0 Å². The summed E-state index contributed by atoms with van der Waals surface area (Å²) < 4.78 is 0. The van der Waals surface area contributed by atoms with Gasteiger partial charge in [0.15, 0.2) is 0 Å². The Bertz CT molecular complexity index is 348. The molecule has 0 aliphatic rings. The van der Waals surface area contributed by atoms with E-state index in [4.69, 9.17) is 5.73 Å². The molecule has 0 amide bonds. The summed E-state index contributed by atoms with van der Waals surface area (Å²) in [4.78, 5) is 2.36. The molecule has 0 saturated carbocycles. The minimum atomic E-state index is 0.229. The average Bonchev–Trinajstić information content (AvgIpc) is 2.34. The van der Waals surface area contributed by atoms with Crippen LogP contribution >= 0.6 is 0 Å². The van der Waals surface area contributed by atoms with E-state index in [1.54, 1.807) is 0 Å². The molecule has 2 nitrogen and oxygen atoms in total. The quantitative estimate of drug-likeness (QED) is 0.866. The van der Waals surface area contributed by atoms with Gasteiger partial charge >= 0.3 is 0 Å². The fourth-order valence-electron chi connectivity index (χ4n) is 2.05. The molecule has 1 aromatic carbocycles. The van der Waals surface area contributed by atoms with Crippen LogP contribution in [0.3, 0.4) is 0 Å². The molecule has 0 heterocycles. The fourth-order valence-corrected chi connectivity index (χ4v) is 2.05. The molecule has 0 aromatic heterocycles. The zero-order chi connectivity index (χ0) is 13.8. The molecule has 2 N–H and O–H groups in total. The molecule has 2 heteroatoms. The lowest BCUT2D eigenvalue weighted by molar-refractivity contribution is 0.260. The molecular weight excluding hydrogens is 220 g/mol. The van der Waals surface area contributed by atoms with Crippen LogP contribution in [0.5, 0.6) is 0 Å². The number of hydrogen-bond acceptors (Lipinski definition) is 2. The summed E-state index contributed by atoms with van der Waals surface area (Å²) >= 11 is 0.